The summed E-state index contributed by atoms with van der Waals surface area (Å²) in [5.74, 6) is -4.35. The molecule has 14 heteroatoms. The number of aromatic nitrogens is 3. The van der Waals surface area contributed by atoms with Gasteiger partial charge in [-0.15, -0.1) is 5.10 Å². The number of hydrogen-bond acceptors (Lipinski definition) is 6. The molecule has 1 aromatic carbocycles. The van der Waals surface area contributed by atoms with Crippen molar-refractivity contribution in [2.45, 2.75) is 31.4 Å². The topological polar surface area (TPSA) is 97.2 Å². The molecule has 35 heavy (non-hydrogen) atoms. The Hall–Kier alpha value is -3.29. The standard InChI is InChI=1S/C21H20F5N5O3S/c1-35(33,34)31-16-6-3-2-5-14(16)17(29-31)28-19(32)15-11-13(21(24,25)26)12-27-18(15)30-9-4-7-20(22,23)8-10-30/h2-3,5-6,11-12H,4,7-10H2,1H3,(H,28,29,32). The molecular weight excluding hydrogens is 497 g/mol. The van der Waals surface area contributed by atoms with Crippen LogP contribution in [0.15, 0.2) is 36.5 Å². The average molecular weight is 517 g/mol. The molecule has 3 aromatic rings. The Morgan fingerprint density at radius 1 is 1.14 bits per heavy atom. The molecule has 1 aliphatic rings. The number of fused-ring (bicyclic) bond motifs is 1. The SMILES string of the molecule is CS(=O)(=O)n1nc(NC(=O)c2cc(C(F)(F)F)cnc2N2CCCC(F)(F)CC2)c2ccccc21. The highest BCUT2D eigenvalue weighted by Gasteiger charge is 2.36. The van der Waals surface area contributed by atoms with Crippen LogP contribution in [0, 0.1) is 0 Å². The first-order valence-electron chi connectivity index (χ1n) is 10.5. The Bertz CT molecular complexity index is 1390. The number of hydrogen-bond donors (Lipinski definition) is 1. The lowest BCUT2D eigenvalue weighted by Crippen LogP contribution is -2.30. The molecule has 1 fully saturated rings. The van der Waals surface area contributed by atoms with E-state index in [0.29, 0.717) is 16.4 Å². The number of para-hydroxylation sites is 1. The summed E-state index contributed by atoms with van der Waals surface area (Å²) >= 11 is 0. The van der Waals surface area contributed by atoms with Crippen LogP contribution in [-0.2, 0) is 16.2 Å². The summed E-state index contributed by atoms with van der Waals surface area (Å²) in [6.45, 7) is -0.142. The van der Waals surface area contributed by atoms with E-state index in [9.17, 15) is 35.2 Å². The second kappa shape index (κ2) is 8.73. The van der Waals surface area contributed by atoms with E-state index in [1.54, 1.807) is 12.1 Å². The first-order chi connectivity index (χ1) is 16.3. The van der Waals surface area contributed by atoms with Crippen molar-refractivity contribution in [2.24, 2.45) is 0 Å². The molecule has 0 saturated carbocycles. The van der Waals surface area contributed by atoms with E-state index in [1.807, 2.05) is 0 Å². The van der Waals surface area contributed by atoms with Gasteiger partial charge in [0.15, 0.2) is 5.82 Å². The van der Waals surface area contributed by atoms with Crippen LogP contribution in [0.25, 0.3) is 10.9 Å². The second-order valence-corrected chi connectivity index (χ2v) is 10.0. The smallest absolute Gasteiger partial charge is 0.356 e. The summed E-state index contributed by atoms with van der Waals surface area (Å²) < 4.78 is 92.7. The van der Waals surface area contributed by atoms with E-state index in [-0.39, 0.29) is 48.5 Å². The maximum absolute atomic E-state index is 13.8. The van der Waals surface area contributed by atoms with Gasteiger partial charge in [0.05, 0.1) is 22.9 Å². The van der Waals surface area contributed by atoms with Crippen LogP contribution in [0.3, 0.4) is 0 Å². The van der Waals surface area contributed by atoms with Crippen molar-refractivity contribution in [3.05, 3.63) is 47.7 Å². The largest absolute Gasteiger partial charge is 0.417 e. The molecular formula is C21H20F5N5O3S. The van der Waals surface area contributed by atoms with Crippen LogP contribution in [-0.4, -0.2) is 53.8 Å². The van der Waals surface area contributed by atoms with E-state index in [2.05, 4.69) is 15.4 Å². The monoisotopic (exact) mass is 517 g/mol. The molecule has 4 rings (SSSR count). The van der Waals surface area contributed by atoms with Gasteiger partial charge < -0.3 is 10.2 Å². The van der Waals surface area contributed by atoms with Crippen molar-refractivity contribution >= 4 is 38.5 Å². The molecule has 2 aromatic heterocycles. The van der Waals surface area contributed by atoms with Gasteiger partial charge in [0.25, 0.3) is 15.9 Å². The predicted molar refractivity (Wildman–Crippen MR) is 118 cm³/mol. The number of rotatable bonds is 4. The number of nitrogens with one attached hydrogen (secondary N) is 1. The molecule has 0 radical (unpaired) electrons. The van der Waals surface area contributed by atoms with Crippen molar-refractivity contribution in [3.63, 3.8) is 0 Å². The molecule has 3 heterocycles. The summed E-state index contributed by atoms with van der Waals surface area (Å²) in [5.41, 5.74) is -1.54. The first-order valence-corrected chi connectivity index (χ1v) is 12.3. The molecule has 0 spiro atoms. The highest BCUT2D eigenvalue weighted by molar-refractivity contribution is 7.89. The third-order valence-corrected chi connectivity index (χ3v) is 6.46. The van der Waals surface area contributed by atoms with E-state index < -0.39 is 45.6 Å². The maximum atomic E-state index is 13.8. The third-order valence-electron chi connectivity index (χ3n) is 5.56. The van der Waals surface area contributed by atoms with Crippen molar-refractivity contribution in [2.75, 3.05) is 29.6 Å². The zero-order valence-corrected chi connectivity index (χ0v) is 19.1. The molecule has 1 aliphatic heterocycles. The Kier molecular flexibility index (Phi) is 6.19. The minimum absolute atomic E-state index is 0.0557. The lowest BCUT2D eigenvalue weighted by atomic mass is 10.1. The summed E-state index contributed by atoms with van der Waals surface area (Å²) in [7, 11) is -3.86. The molecule has 1 saturated heterocycles. The minimum atomic E-state index is -4.81. The molecule has 0 aliphatic carbocycles. The molecule has 0 atom stereocenters. The third kappa shape index (κ3) is 5.21. The molecule has 1 amide bonds. The number of carbonyl (C=O) groups excluding carboxylic acids is 1. The lowest BCUT2D eigenvalue weighted by Gasteiger charge is -2.24. The van der Waals surface area contributed by atoms with Crippen molar-refractivity contribution in [1.29, 1.82) is 0 Å². The van der Waals surface area contributed by atoms with Crippen molar-refractivity contribution in [1.82, 2.24) is 14.2 Å². The maximum Gasteiger partial charge on any atom is 0.417 e. The van der Waals surface area contributed by atoms with Crippen molar-refractivity contribution in [3.8, 4) is 0 Å². The zero-order valence-electron chi connectivity index (χ0n) is 18.3. The normalized spacial score (nSPS) is 16.8. The van der Waals surface area contributed by atoms with Crippen LogP contribution in [0.4, 0.5) is 33.6 Å². The quantitative estimate of drug-likeness (QED) is 0.523. The number of halogens is 5. The first kappa shape index (κ1) is 24.8. The van der Waals surface area contributed by atoms with E-state index >= 15 is 0 Å². The van der Waals surface area contributed by atoms with Gasteiger partial charge in [0, 0.05) is 37.5 Å². The predicted octanol–water partition coefficient (Wildman–Crippen LogP) is 4.14. The Morgan fingerprint density at radius 3 is 2.54 bits per heavy atom. The minimum Gasteiger partial charge on any atom is -0.356 e. The van der Waals surface area contributed by atoms with Gasteiger partial charge >= 0.3 is 6.18 Å². The molecule has 8 nitrogen and oxygen atoms in total. The van der Waals surface area contributed by atoms with Gasteiger partial charge in [-0.05, 0) is 24.6 Å². The van der Waals surface area contributed by atoms with E-state index in [1.165, 1.54) is 17.0 Å². The highest BCUT2D eigenvalue weighted by atomic mass is 32.2. The second-order valence-electron chi connectivity index (χ2n) is 8.22. The Balaban J connectivity index is 1.76. The van der Waals surface area contributed by atoms with E-state index in [0.717, 1.165) is 6.26 Å². The number of pyridine rings is 1. The summed E-state index contributed by atoms with van der Waals surface area (Å²) in [4.78, 5) is 18.3. The highest BCUT2D eigenvalue weighted by Crippen LogP contribution is 2.35. The molecule has 0 bridgehead atoms. The number of anilines is 2. The fourth-order valence-corrected chi connectivity index (χ4v) is 4.61. The fraction of sp³-hybridized carbons (Fsp3) is 0.381. The van der Waals surface area contributed by atoms with Crippen LogP contribution in [0.2, 0.25) is 0 Å². The fourth-order valence-electron chi connectivity index (χ4n) is 3.87. The summed E-state index contributed by atoms with van der Waals surface area (Å²) in [6, 6.07) is 6.66. The van der Waals surface area contributed by atoms with E-state index in [4.69, 9.17) is 0 Å². The van der Waals surface area contributed by atoms with Gasteiger partial charge in [-0.2, -0.15) is 17.3 Å². The molecule has 0 unspecified atom stereocenters. The van der Waals surface area contributed by atoms with Gasteiger partial charge in [-0.3, -0.25) is 4.79 Å². The summed E-state index contributed by atoms with van der Waals surface area (Å²) in [5, 5.41) is 6.52. The number of benzene rings is 1. The van der Waals surface area contributed by atoms with Gasteiger partial charge in [0.2, 0.25) is 5.92 Å². The molecule has 1 N–H and O–H groups in total. The summed E-state index contributed by atoms with van der Waals surface area (Å²) in [6.07, 6.45) is -4.23. The molecule has 188 valence electrons. The van der Waals surface area contributed by atoms with Gasteiger partial charge in [0.1, 0.15) is 5.82 Å². The number of carbonyl (C=O) groups is 1. The lowest BCUT2D eigenvalue weighted by molar-refractivity contribution is -0.137. The van der Waals surface area contributed by atoms with Crippen LogP contribution < -0.4 is 10.2 Å². The van der Waals surface area contributed by atoms with Crippen LogP contribution in [0.1, 0.15) is 35.2 Å². The Morgan fingerprint density at radius 2 is 1.86 bits per heavy atom. The van der Waals surface area contributed by atoms with Crippen molar-refractivity contribution < 1.29 is 35.2 Å². The van der Waals surface area contributed by atoms with Crippen LogP contribution in [0.5, 0.6) is 0 Å². The average Bonchev–Trinajstić information content (AvgIpc) is 3.03. The number of alkyl halides is 5. The van der Waals surface area contributed by atoms with Crippen LogP contribution >= 0.6 is 0 Å². The van der Waals surface area contributed by atoms with Gasteiger partial charge in [-0.25, -0.2) is 22.2 Å². The zero-order chi connectivity index (χ0) is 25.6. The van der Waals surface area contributed by atoms with Gasteiger partial charge in [-0.1, -0.05) is 12.1 Å². The number of amides is 1. The number of nitrogens with zero attached hydrogens (tertiary/aromatic N) is 4. The Labute approximate surface area is 196 Å².